The van der Waals surface area contributed by atoms with Gasteiger partial charge in [0.1, 0.15) is 0 Å². The molecule has 0 unspecified atom stereocenters. The largest absolute Gasteiger partial charge is 0.320 e. The summed E-state index contributed by atoms with van der Waals surface area (Å²) in [6, 6.07) is 10.6. The van der Waals surface area contributed by atoms with Gasteiger partial charge in [-0.15, -0.1) is 11.3 Å². The fourth-order valence-corrected chi connectivity index (χ4v) is 4.22. The first-order valence-electron chi connectivity index (χ1n) is 7.98. The number of fused-ring (bicyclic) bond motifs is 3. The third-order valence-electron chi connectivity index (χ3n) is 4.12. The summed E-state index contributed by atoms with van der Waals surface area (Å²) in [5.41, 5.74) is 8.25. The highest BCUT2D eigenvalue weighted by Crippen LogP contribution is 2.32. The van der Waals surface area contributed by atoms with Gasteiger partial charge in [0.15, 0.2) is 5.71 Å². The fourth-order valence-electron chi connectivity index (χ4n) is 2.76. The van der Waals surface area contributed by atoms with Crippen LogP contribution in [0.3, 0.4) is 0 Å². The molecule has 27 heavy (non-hydrogen) atoms. The highest BCUT2D eigenvalue weighted by Gasteiger charge is 2.29. The van der Waals surface area contributed by atoms with Gasteiger partial charge in [-0.05, 0) is 36.9 Å². The van der Waals surface area contributed by atoms with Gasteiger partial charge >= 0.3 is 0 Å². The maximum atomic E-state index is 12.3. The van der Waals surface area contributed by atoms with E-state index in [2.05, 4.69) is 25.6 Å². The van der Waals surface area contributed by atoms with E-state index in [4.69, 9.17) is 0 Å². The SMILES string of the molecule is CNS(=O)(=O)Cc1ccc(N/N=C2\C(=O)Nc3ccc4scnc4c32)cc1. The Labute approximate surface area is 159 Å². The number of hydrazone groups is 1. The van der Waals surface area contributed by atoms with Crippen LogP contribution in [0.25, 0.3) is 10.2 Å². The van der Waals surface area contributed by atoms with Gasteiger partial charge in [0.05, 0.1) is 38.4 Å². The van der Waals surface area contributed by atoms with E-state index in [0.29, 0.717) is 22.5 Å². The lowest BCUT2D eigenvalue weighted by Crippen LogP contribution is -2.20. The van der Waals surface area contributed by atoms with Crippen molar-refractivity contribution in [3.05, 3.63) is 53.0 Å². The monoisotopic (exact) mass is 401 g/mol. The van der Waals surface area contributed by atoms with E-state index >= 15 is 0 Å². The molecule has 0 bridgehead atoms. The van der Waals surface area contributed by atoms with Crippen molar-refractivity contribution in [2.45, 2.75) is 5.75 Å². The van der Waals surface area contributed by atoms with Gasteiger partial charge in [-0.1, -0.05) is 12.1 Å². The predicted octanol–water partition coefficient (Wildman–Crippen LogP) is 2.11. The highest BCUT2D eigenvalue weighted by atomic mass is 32.2. The average molecular weight is 401 g/mol. The topological polar surface area (TPSA) is 113 Å². The highest BCUT2D eigenvalue weighted by molar-refractivity contribution is 7.88. The molecule has 0 saturated heterocycles. The Balaban J connectivity index is 1.59. The van der Waals surface area contributed by atoms with Crippen LogP contribution in [0.2, 0.25) is 0 Å². The number of amides is 1. The second-order valence-electron chi connectivity index (χ2n) is 5.87. The molecule has 0 fully saturated rings. The van der Waals surface area contributed by atoms with Gasteiger partial charge in [0, 0.05) is 0 Å². The lowest BCUT2D eigenvalue weighted by atomic mass is 10.1. The fraction of sp³-hybridized carbons (Fsp3) is 0.118. The van der Waals surface area contributed by atoms with Crippen molar-refractivity contribution < 1.29 is 13.2 Å². The minimum absolute atomic E-state index is 0.101. The van der Waals surface area contributed by atoms with E-state index in [1.54, 1.807) is 29.8 Å². The van der Waals surface area contributed by atoms with Crippen LogP contribution in [0.5, 0.6) is 0 Å². The van der Waals surface area contributed by atoms with Gasteiger partial charge in [-0.2, -0.15) is 5.10 Å². The summed E-state index contributed by atoms with van der Waals surface area (Å²) in [7, 11) is -1.94. The number of nitrogens with one attached hydrogen (secondary N) is 3. The number of thiazole rings is 1. The van der Waals surface area contributed by atoms with Crippen molar-refractivity contribution in [3.63, 3.8) is 0 Å². The zero-order valence-corrected chi connectivity index (χ0v) is 15.8. The molecule has 1 aromatic heterocycles. The molecule has 0 radical (unpaired) electrons. The first-order valence-corrected chi connectivity index (χ1v) is 10.5. The lowest BCUT2D eigenvalue weighted by molar-refractivity contribution is -0.110. The predicted molar refractivity (Wildman–Crippen MR) is 107 cm³/mol. The van der Waals surface area contributed by atoms with Gasteiger partial charge in [0.2, 0.25) is 10.0 Å². The van der Waals surface area contributed by atoms with Crippen molar-refractivity contribution >= 4 is 54.6 Å². The quantitative estimate of drug-likeness (QED) is 0.567. The number of nitrogens with zero attached hydrogens (tertiary/aromatic N) is 2. The molecular weight excluding hydrogens is 386 g/mol. The first kappa shape index (κ1) is 17.6. The molecular formula is C17H15N5O3S2. The molecule has 0 atom stereocenters. The van der Waals surface area contributed by atoms with Crippen LogP contribution in [0.4, 0.5) is 11.4 Å². The molecule has 0 saturated carbocycles. The molecule has 1 amide bonds. The second kappa shape index (κ2) is 6.72. The van der Waals surface area contributed by atoms with Gasteiger partial charge in [-0.25, -0.2) is 18.1 Å². The maximum Gasteiger partial charge on any atom is 0.276 e. The minimum Gasteiger partial charge on any atom is -0.320 e. The van der Waals surface area contributed by atoms with Crippen molar-refractivity contribution in [1.82, 2.24) is 9.71 Å². The normalized spacial score (nSPS) is 15.1. The number of carbonyl (C=O) groups is 1. The standard InChI is InChI=1S/C17H15N5O3S2/c1-18-27(24,25)8-10-2-4-11(5-3-10)21-22-16-14-12(20-17(16)23)6-7-13-15(14)19-9-26-13/h2-7,9,18,21H,8H2,1H3,(H,20,22,23). The second-order valence-corrected chi connectivity index (χ2v) is 8.69. The molecule has 4 rings (SSSR count). The summed E-state index contributed by atoms with van der Waals surface area (Å²) in [6.45, 7) is 0. The Bertz CT molecular complexity index is 1170. The Kier molecular flexibility index (Phi) is 4.38. The van der Waals surface area contributed by atoms with Crippen molar-refractivity contribution in [1.29, 1.82) is 0 Å². The average Bonchev–Trinajstić information content (AvgIpc) is 3.24. The van der Waals surface area contributed by atoms with E-state index in [0.717, 1.165) is 10.2 Å². The van der Waals surface area contributed by atoms with Gasteiger partial charge in [0.25, 0.3) is 5.91 Å². The van der Waals surface area contributed by atoms with Crippen LogP contribution in [0.1, 0.15) is 11.1 Å². The van der Waals surface area contributed by atoms with Crippen LogP contribution in [0.15, 0.2) is 47.0 Å². The summed E-state index contributed by atoms with van der Waals surface area (Å²) < 4.78 is 26.4. The Hall–Kier alpha value is -2.82. The molecule has 138 valence electrons. The number of sulfonamides is 1. The number of hydrogen-bond acceptors (Lipinski definition) is 7. The van der Waals surface area contributed by atoms with E-state index < -0.39 is 10.0 Å². The van der Waals surface area contributed by atoms with Crippen LogP contribution < -0.4 is 15.5 Å². The summed E-state index contributed by atoms with van der Waals surface area (Å²) in [5.74, 6) is -0.398. The summed E-state index contributed by atoms with van der Waals surface area (Å²) >= 11 is 1.50. The summed E-state index contributed by atoms with van der Waals surface area (Å²) in [4.78, 5) is 16.6. The molecule has 3 aromatic rings. The van der Waals surface area contributed by atoms with Crippen molar-refractivity contribution in [2.24, 2.45) is 5.10 Å². The van der Waals surface area contributed by atoms with E-state index in [1.165, 1.54) is 18.4 Å². The number of aromatic nitrogens is 1. The molecule has 0 aliphatic carbocycles. The number of benzene rings is 2. The molecule has 0 spiro atoms. The zero-order valence-electron chi connectivity index (χ0n) is 14.2. The lowest BCUT2D eigenvalue weighted by Gasteiger charge is -2.05. The van der Waals surface area contributed by atoms with E-state index in [1.807, 2.05) is 12.1 Å². The Morgan fingerprint density at radius 3 is 2.70 bits per heavy atom. The maximum absolute atomic E-state index is 12.3. The minimum atomic E-state index is -3.32. The molecule has 1 aliphatic heterocycles. The Morgan fingerprint density at radius 2 is 1.96 bits per heavy atom. The Morgan fingerprint density at radius 1 is 1.19 bits per heavy atom. The number of rotatable bonds is 5. The molecule has 2 heterocycles. The van der Waals surface area contributed by atoms with E-state index in [9.17, 15) is 13.2 Å². The first-order chi connectivity index (χ1) is 13.0. The molecule has 10 heteroatoms. The molecule has 3 N–H and O–H groups in total. The van der Waals surface area contributed by atoms with Crippen molar-refractivity contribution in [3.8, 4) is 0 Å². The summed E-state index contributed by atoms with van der Waals surface area (Å²) in [5, 5.41) is 7.04. The van der Waals surface area contributed by atoms with Gasteiger partial charge < -0.3 is 5.32 Å². The van der Waals surface area contributed by atoms with E-state index in [-0.39, 0.29) is 17.4 Å². The van der Waals surface area contributed by atoms with Crippen LogP contribution in [0, 0.1) is 0 Å². The van der Waals surface area contributed by atoms with Gasteiger partial charge in [-0.3, -0.25) is 10.2 Å². The smallest absolute Gasteiger partial charge is 0.276 e. The summed E-state index contributed by atoms with van der Waals surface area (Å²) in [6.07, 6.45) is 0. The van der Waals surface area contributed by atoms with Crippen LogP contribution in [-0.4, -0.2) is 32.1 Å². The zero-order chi connectivity index (χ0) is 19.0. The van der Waals surface area contributed by atoms with Crippen LogP contribution in [-0.2, 0) is 20.6 Å². The number of carbonyl (C=O) groups excluding carboxylic acids is 1. The molecule has 8 nitrogen and oxygen atoms in total. The van der Waals surface area contributed by atoms with Crippen LogP contribution >= 0.6 is 11.3 Å². The molecule has 2 aromatic carbocycles. The number of hydrogen-bond donors (Lipinski definition) is 3. The van der Waals surface area contributed by atoms with Crippen molar-refractivity contribution in [2.75, 3.05) is 17.8 Å². The third kappa shape index (κ3) is 3.42. The third-order valence-corrected chi connectivity index (χ3v) is 6.25. The number of anilines is 2. The molecule has 1 aliphatic rings.